The molecule has 2 heterocycles. The monoisotopic (exact) mass is 316 g/mol. The van der Waals surface area contributed by atoms with Crippen molar-refractivity contribution >= 4 is 17.9 Å². The van der Waals surface area contributed by atoms with E-state index in [1.807, 2.05) is 0 Å². The third kappa shape index (κ3) is 2.82. The Hall–Kier alpha value is -1.41. The molecule has 2 aromatic heterocycles. The summed E-state index contributed by atoms with van der Waals surface area (Å²) in [5.41, 5.74) is -0.292. The number of aromatic nitrogens is 3. The Labute approximate surface area is 124 Å². The van der Waals surface area contributed by atoms with Gasteiger partial charge in [-0.25, -0.2) is 4.68 Å². The Balaban J connectivity index is 1.97. The van der Waals surface area contributed by atoms with Gasteiger partial charge in [0.2, 0.25) is 4.77 Å². The van der Waals surface area contributed by atoms with Gasteiger partial charge in [-0.05, 0) is 43.7 Å². The highest BCUT2D eigenvalue weighted by atomic mass is 32.1. The van der Waals surface area contributed by atoms with Crippen molar-refractivity contribution in [1.29, 1.82) is 0 Å². The van der Waals surface area contributed by atoms with E-state index in [-0.39, 0.29) is 4.77 Å². The minimum absolute atomic E-state index is 0.287. The Morgan fingerprint density at radius 3 is 2.67 bits per heavy atom. The first-order valence-corrected chi connectivity index (χ1v) is 7.21. The Bertz CT molecular complexity index is 714. The van der Waals surface area contributed by atoms with Gasteiger partial charge in [0.15, 0.2) is 5.65 Å². The molecule has 0 aromatic carbocycles. The second-order valence-electron chi connectivity index (χ2n) is 5.20. The second kappa shape index (κ2) is 5.10. The third-order valence-electron chi connectivity index (χ3n) is 3.69. The van der Waals surface area contributed by atoms with Gasteiger partial charge >= 0.3 is 6.18 Å². The molecule has 0 aliphatic heterocycles. The molecule has 0 spiro atoms. The summed E-state index contributed by atoms with van der Waals surface area (Å²) in [6, 6.07) is 2.93. The summed E-state index contributed by atoms with van der Waals surface area (Å²) in [4.78, 5) is 2.23. The molecule has 4 nitrogen and oxygen atoms in total. The van der Waals surface area contributed by atoms with Crippen LogP contribution in [-0.4, -0.2) is 31.7 Å². The fraction of sp³-hybridized carbons (Fsp3) is 0.538. The predicted octanol–water partition coefficient (Wildman–Crippen LogP) is 3.33. The van der Waals surface area contributed by atoms with Gasteiger partial charge in [-0.1, -0.05) is 6.92 Å². The lowest BCUT2D eigenvalue weighted by atomic mass is 10.3. The molecule has 0 atom stereocenters. The van der Waals surface area contributed by atoms with E-state index in [2.05, 4.69) is 16.9 Å². The van der Waals surface area contributed by atoms with Crippen LogP contribution in [0.4, 0.5) is 13.2 Å². The molecule has 3 rings (SSSR count). The molecule has 0 bridgehead atoms. The summed E-state index contributed by atoms with van der Waals surface area (Å²) in [6.45, 7) is 3.44. The number of hydrogen-bond acceptors (Lipinski definition) is 3. The summed E-state index contributed by atoms with van der Waals surface area (Å²) < 4.78 is 41.4. The fourth-order valence-electron chi connectivity index (χ4n) is 2.36. The van der Waals surface area contributed by atoms with Gasteiger partial charge in [0, 0.05) is 12.2 Å². The first kappa shape index (κ1) is 14.5. The zero-order chi connectivity index (χ0) is 15.2. The molecule has 0 radical (unpaired) electrons. The smallest absolute Gasteiger partial charge is 0.282 e. The van der Waals surface area contributed by atoms with E-state index in [0.717, 1.165) is 31.6 Å². The third-order valence-corrected chi connectivity index (χ3v) is 4.10. The molecule has 0 amide bonds. The van der Waals surface area contributed by atoms with Crippen LogP contribution in [0, 0.1) is 4.77 Å². The SMILES string of the molecule is CCN(Cn1nc2ccc(C(F)(F)F)cn2c1=S)C1CC1. The van der Waals surface area contributed by atoms with Crippen molar-refractivity contribution < 1.29 is 13.2 Å². The first-order valence-electron chi connectivity index (χ1n) is 6.80. The van der Waals surface area contributed by atoms with Crippen LogP contribution in [0.15, 0.2) is 18.3 Å². The van der Waals surface area contributed by atoms with Crippen molar-refractivity contribution in [3.05, 3.63) is 28.7 Å². The summed E-state index contributed by atoms with van der Waals surface area (Å²) >= 11 is 5.25. The number of pyridine rings is 1. The number of fused-ring (bicyclic) bond motifs is 1. The van der Waals surface area contributed by atoms with Crippen LogP contribution in [0.1, 0.15) is 25.3 Å². The van der Waals surface area contributed by atoms with Gasteiger partial charge in [-0.2, -0.15) is 18.3 Å². The first-order chi connectivity index (χ1) is 9.90. The number of nitrogens with zero attached hydrogens (tertiary/aromatic N) is 4. The van der Waals surface area contributed by atoms with E-state index in [0.29, 0.717) is 18.4 Å². The zero-order valence-electron chi connectivity index (χ0n) is 11.5. The van der Waals surface area contributed by atoms with Crippen LogP contribution in [0.3, 0.4) is 0 Å². The summed E-state index contributed by atoms with van der Waals surface area (Å²) in [6.07, 6.45) is -1.05. The average molecular weight is 316 g/mol. The average Bonchev–Trinajstić information content (AvgIpc) is 3.21. The highest BCUT2D eigenvalue weighted by Crippen LogP contribution is 2.29. The highest BCUT2D eigenvalue weighted by molar-refractivity contribution is 7.71. The molecular formula is C13H15F3N4S. The summed E-state index contributed by atoms with van der Waals surface area (Å²) in [5, 5.41) is 4.30. The molecule has 8 heteroatoms. The predicted molar refractivity (Wildman–Crippen MR) is 74.4 cm³/mol. The minimum atomic E-state index is -4.38. The molecule has 2 aromatic rings. The Morgan fingerprint density at radius 1 is 1.38 bits per heavy atom. The van der Waals surface area contributed by atoms with Gasteiger partial charge in [0.25, 0.3) is 0 Å². The standard InChI is InChI=1S/C13H15F3N4S/c1-2-18(10-4-5-10)8-20-12(21)19-7-9(13(14,15)16)3-6-11(19)17-20/h3,6-7,10H,2,4-5,8H2,1H3. The van der Waals surface area contributed by atoms with Gasteiger partial charge < -0.3 is 0 Å². The lowest BCUT2D eigenvalue weighted by Gasteiger charge is -2.18. The Morgan fingerprint density at radius 2 is 2.10 bits per heavy atom. The maximum absolute atomic E-state index is 12.8. The molecule has 1 fully saturated rings. The number of rotatable bonds is 4. The molecule has 1 aliphatic rings. The van der Waals surface area contributed by atoms with Crippen LogP contribution >= 0.6 is 12.2 Å². The van der Waals surface area contributed by atoms with Crippen LogP contribution in [-0.2, 0) is 12.8 Å². The van der Waals surface area contributed by atoms with E-state index in [1.165, 1.54) is 10.5 Å². The lowest BCUT2D eigenvalue weighted by molar-refractivity contribution is -0.137. The lowest BCUT2D eigenvalue weighted by Crippen LogP contribution is -2.29. The van der Waals surface area contributed by atoms with Crippen molar-refractivity contribution in [1.82, 2.24) is 19.1 Å². The van der Waals surface area contributed by atoms with Crippen LogP contribution < -0.4 is 0 Å². The molecule has 0 N–H and O–H groups in total. The maximum Gasteiger partial charge on any atom is 0.417 e. The topological polar surface area (TPSA) is 25.5 Å². The van der Waals surface area contributed by atoms with E-state index in [9.17, 15) is 13.2 Å². The van der Waals surface area contributed by atoms with E-state index in [4.69, 9.17) is 12.2 Å². The van der Waals surface area contributed by atoms with Crippen molar-refractivity contribution in [2.45, 2.75) is 38.7 Å². The molecule has 114 valence electrons. The second-order valence-corrected chi connectivity index (χ2v) is 5.57. The van der Waals surface area contributed by atoms with Crippen LogP contribution in [0.5, 0.6) is 0 Å². The van der Waals surface area contributed by atoms with Gasteiger partial charge in [0.1, 0.15) is 0 Å². The van der Waals surface area contributed by atoms with Crippen molar-refractivity contribution in [2.75, 3.05) is 6.54 Å². The fourth-order valence-corrected chi connectivity index (χ4v) is 2.61. The minimum Gasteiger partial charge on any atom is -0.282 e. The van der Waals surface area contributed by atoms with Crippen LogP contribution in [0.2, 0.25) is 0 Å². The number of hydrogen-bond donors (Lipinski definition) is 0. The van der Waals surface area contributed by atoms with Crippen molar-refractivity contribution in [3.63, 3.8) is 0 Å². The highest BCUT2D eigenvalue weighted by Gasteiger charge is 2.31. The molecular weight excluding hydrogens is 301 g/mol. The van der Waals surface area contributed by atoms with Crippen molar-refractivity contribution in [2.24, 2.45) is 0 Å². The molecule has 21 heavy (non-hydrogen) atoms. The largest absolute Gasteiger partial charge is 0.417 e. The quantitative estimate of drug-likeness (QED) is 0.809. The van der Waals surface area contributed by atoms with Gasteiger partial charge in [-0.3, -0.25) is 9.30 Å². The zero-order valence-corrected chi connectivity index (χ0v) is 12.3. The van der Waals surface area contributed by atoms with Crippen molar-refractivity contribution in [3.8, 4) is 0 Å². The normalized spacial score (nSPS) is 16.0. The molecule has 1 saturated carbocycles. The Kier molecular flexibility index (Phi) is 3.53. The van der Waals surface area contributed by atoms with Crippen LogP contribution in [0.25, 0.3) is 5.65 Å². The van der Waals surface area contributed by atoms with Gasteiger partial charge in [0.05, 0.1) is 12.2 Å². The maximum atomic E-state index is 12.8. The number of halogens is 3. The number of alkyl halides is 3. The van der Waals surface area contributed by atoms with E-state index in [1.54, 1.807) is 4.68 Å². The van der Waals surface area contributed by atoms with E-state index < -0.39 is 11.7 Å². The van der Waals surface area contributed by atoms with Gasteiger partial charge in [-0.15, -0.1) is 0 Å². The molecule has 1 aliphatic carbocycles. The molecule has 0 saturated heterocycles. The van der Waals surface area contributed by atoms with E-state index >= 15 is 0 Å². The summed E-state index contributed by atoms with van der Waals surface area (Å²) in [5.74, 6) is 0. The molecule has 0 unspecified atom stereocenters. The summed E-state index contributed by atoms with van der Waals surface area (Å²) in [7, 11) is 0.